The molecular formula is C14H21NS. The van der Waals surface area contributed by atoms with Crippen molar-refractivity contribution in [3.63, 3.8) is 0 Å². The highest BCUT2D eigenvalue weighted by Gasteiger charge is 2.16. The largest absolute Gasteiger partial charge is 0.310 e. The first-order valence-corrected chi connectivity index (χ1v) is 7.29. The smallest absolute Gasteiger partial charge is 0.0291 e. The van der Waals surface area contributed by atoms with E-state index in [0.717, 1.165) is 5.92 Å². The van der Waals surface area contributed by atoms with E-state index in [-0.39, 0.29) is 0 Å². The maximum Gasteiger partial charge on any atom is 0.0291 e. The van der Waals surface area contributed by atoms with Crippen molar-refractivity contribution in [2.75, 3.05) is 18.1 Å². The molecule has 0 radical (unpaired) electrons. The Bertz CT molecular complexity index is 314. The van der Waals surface area contributed by atoms with Crippen LogP contribution in [0, 0.1) is 12.8 Å². The van der Waals surface area contributed by atoms with E-state index in [1.165, 1.54) is 35.6 Å². The van der Waals surface area contributed by atoms with E-state index in [4.69, 9.17) is 0 Å². The van der Waals surface area contributed by atoms with Crippen LogP contribution < -0.4 is 5.32 Å². The van der Waals surface area contributed by atoms with Crippen molar-refractivity contribution >= 4 is 11.8 Å². The van der Waals surface area contributed by atoms with Gasteiger partial charge in [0.1, 0.15) is 0 Å². The highest BCUT2D eigenvalue weighted by Crippen LogP contribution is 2.23. The predicted octanol–water partition coefficient (Wildman–Crippen LogP) is 3.40. The predicted molar refractivity (Wildman–Crippen MR) is 73.0 cm³/mol. The van der Waals surface area contributed by atoms with Crippen molar-refractivity contribution in [3.05, 3.63) is 35.4 Å². The quantitative estimate of drug-likeness (QED) is 0.858. The topological polar surface area (TPSA) is 12.0 Å². The Hall–Kier alpha value is -0.470. The van der Waals surface area contributed by atoms with Gasteiger partial charge in [0, 0.05) is 6.04 Å². The molecule has 0 saturated carbocycles. The lowest BCUT2D eigenvalue weighted by Crippen LogP contribution is -2.25. The SMILES string of the molecule is Cc1ccc([C@@H](C)NCC2CCSC2)cc1. The van der Waals surface area contributed by atoms with Crippen molar-refractivity contribution in [1.82, 2.24) is 5.32 Å². The van der Waals surface area contributed by atoms with Crippen molar-refractivity contribution in [2.45, 2.75) is 26.3 Å². The zero-order chi connectivity index (χ0) is 11.4. The minimum absolute atomic E-state index is 0.478. The molecule has 1 N–H and O–H groups in total. The maximum absolute atomic E-state index is 3.65. The fraction of sp³-hybridized carbons (Fsp3) is 0.571. The minimum Gasteiger partial charge on any atom is -0.310 e. The number of thioether (sulfide) groups is 1. The molecule has 1 aliphatic rings. The molecule has 1 fully saturated rings. The number of nitrogens with one attached hydrogen (secondary N) is 1. The molecule has 88 valence electrons. The van der Waals surface area contributed by atoms with Gasteiger partial charge in [-0.2, -0.15) is 11.8 Å². The van der Waals surface area contributed by atoms with E-state index in [0.29, 0.717) is 6.04 Å². The van der Waals surface area contributed by atoms with Crippen LogP contribution in [0.15, 0.2) is 24.3 Å². The summed E-state index contributed by atoms with van der Waals surface area (Å²) in [6.07, 6.45) is 1.39. The minimum atomic E-state index is 0.478. The molecule has 0 aliphatic carbocycles. The molecule has 0 amide bonds. The maximum atomic E-state index is 3.65. The average Bonchev–Trinajstić information content (AvgIpc) is 2.80. The normalized spacial score (nSPS) is 22.2. The summed E-state index contributed by atoms with van der Waals surface area (Å²) in [5, 5.41) is 3.65. The first-order valence-electron chi connectivity index (χ1n) is 6.13. The molecule has 0 spiro atoms. The third-order valence-corrected chi connectivity index (χ3v) is 4.55. The third-order valence-electron chi connectivity index (χ3n) is 3.31. The lowest BCUT2D eigenvalue weighted by atomic mass is 10.0. The fourth-order valence-corrected chi connectivity index (χ4v) is 3.35. The van der Waals surface area contributed by atoms with Gasteiger partial charge in [-0.3, -0.25) is 0 Å². The molecule has 1 aliphatic heterocycles. The summed E-state index contributed by atoms with van der Waals surface area (Å²) >= 11 is 2.09. The van der Waals surface area contributed by atoms with Crippen LogP contribution in [0.5, 0.6) is 0 Å². The number of benzene rings is 1. The standard InChI is InChI=1S/C14H21NS/c1-11-3-5-14(6-4-11)12(2)15-9-13-7-8-16-10-13/h3-6,12-13,15H,7-10H2,1-2H3/t12-,13?/m1/s1. The Morgan fingerprint density at radius 3 is 2.75 bits per heavy atom. The summed E-state index contributed by atoms with van der Waals surface area (Å²) in [4.78, 5) is 0. The molecule has 1 aromatic carbocycles. The second-order valence-electron chi connectivity index (χ2n) is 4.77. The van der Waals surface area contributed by atoms with Gasteiger partial charge in [0.2, 0.25) is 0 Å². The van der Waals surface area contributed by atoms with Crippen molar-refractivity contribution in [1.29, 1.82) is 0 Å². The van der Waals surface area contributed by atoms with Crippen LogP contribution in [0.25, 0.3) is 0 Å². The van der Waals surface area contributed by atoms with Gasteiger partial charge < -0.3 is 5.32 Å². The van der Waals surface area contributed by atoms with Crippen molar-refractivity contribution in [3.8, 4) is 0 Å². The molecule has 2 heteroatoms. The summed E-state index contributed by atoms with van der Waals surface area (Å²) in [5.41, 5.74) is 2.74. The van der Waals surface area contributed by atoms with Gasteiger partial charge in [0.15, 0.2) is 0 Å². The van der Waals surface area contributed by atoms with E-state index >= 15 is 0 Å². The van der Waals surface area contributed by atoms with E-state index < -0.39 is 0 Å². The van der Waals surface area contributed by atoms with Crippen LogP contribution in [-0.2, 0) is 0 Å². The van der Waals surface area contributed by atoms with Gasteiger partial charge in [-0.15, -0.1) is 0 Å². The van der Waals surface area contributed by atoms with E-state index in [9.17, 15) is 0 Å². The average molecular weight is 235 g/mol. The van der Waals surface area contributed by atoms with Crippen LogP contribution in [0.4, 0.5) is 0 Å². The first kappa shape index (κ1) is 12.0. The monoisotopic (exact) mass is 235 g/mol. The molecule has 0 bridgehead atoms. The van der Waals surface area contributed by atoms with E-state index in [2.05, 4.69) is 55.2 Å². The Morgan fingerprint density at radius 2 is 2.12 bits per heavy atom. The summed E-state index contributed by atoms with van der Waals surface area (Å²) in [7, 11) is 0. The van der Waals surface area contributed by atoms with E-state index in [1.807, 2.05) is 0 Å². The summed E-state index contributed by atoms with van der Waals surface area (Å²) < 4.78 is 0. The molecule has 1 heterocycles. The number of aryl methyl sites for hydroxylation is 1. The molecule has 1 saturated heterocycles. The highest BCUT2D eigenvalue weighted by molar-refractivity contribution is 7.99. The Kier molecular flexibility index (Phi) is 4.30. The fourth-order valence-electron chi connectivity index (χ4n) is 2.06. The van der Waals surface area contributed by atoms with Crippen LogP contribution in [0.3, 0.4) is 0 Å². The zero-order valence-corrected chi connectivity index (χ0v) is 11.0. The number of hydrogen-bond acceptors (Lipinski definition) is 2. The Balaban J connectivity index is 1.82. The summed E-state index contributed by atoms with van der Waals surface area (Å²) in [6.45, 7) is 5.56. The second-order valence-corrected chi connectivity index (χ2v) is 5.92. The zero-order valence-electron chi connectivity index (χ0n) is 10.2. The molecular weight excluding hydrogens is 214 g/mol. The summed E-state index contributed by atoms with van der Waals surface area (Å²) in [6, 6.07) is 9.33. The molecule has 2 atom stereocenters. The van der Waals surface area contributed by atoms with Gasteiger partial charge in [-0.1, -0.05) is 29.8 Å². The van der Waals surface area contributed by atoms with Gasteiger partial charge in [0.25, 0.3) is 0 Å². The molecule has 2 rings (SSSR count). The highest BCUT2D eigenvalue weighted by atomic mass is 32.2. The van der Waals surface area contributed by atoms with Crippen molar-refractivity contribution < 1.29 is 0 Å². The lowest BCUT2D eigenvalue weighted by molar-refractivity contribution is 0.477. The second kappa shape index (κ2) is 5.74. The number of rotatable bonds is 4. The summed E-state index contributed by atoms with van der Waals surface area (Å²) in [5.74, 6) is 3.58. The lowest BCUT2D eigenvalue weighted by Gasteiger charge is -2.17. The molecule has 1 nitrogen and oxygen atoms in total. The van der Waals surface area contributed by atoms with Gasteiger partial charge in [-0.25, -0.2) is 0 Å². The van der Waals surface area contributed by atoms with E-state index in [1.54, 1.807) is 0 Å². The van der Waals surface area contributed by atoms with Crippen LogP contribution >= 0.6 is 11.8 Å². The number of hydrogen-bond donors (Lipinski definition) is 1. The van der Waals surface area contributed by atoms with Crippen LogP contribution in [0.2, 0.25) is 0 Å². The van der Waals surface area contributed by atoms with Gasteiger partial charge >= 0.3 is 0 Å². The van der Waals surface area contributed by atoms with Crippen molar-refractivity contribution in [2.24, 2.45) is 5.92 Å². The molecule has 0 aromatic heterocycles. The van der Waals surface area contributed by atoms with Crippen LogP contribution in [0.1, 0.15) is 30.5 Å². The Morgan fingerprint density at radius 1 is 1.38 bits per heavy atom. The molecule has 16 heavy (non-hydrogen) atoms. The van der Waals surface area contributed by atoms with Gasteiger partial charge in [0.05, 0.1) is 0 Å². The molecule has 1 aromatic rings. The van der Waals surface area contributed by atoms with Crippen LogP contribution in [-0.4, -0.2) is 18.1 Å². The third kappa shape index (κ3) is 3.26. The molecule has 1 unspecified atom stereocenters. The van der Waals surface area contributed by atoms with Gasteiger partial charge in [-0.05, 0) is 49.8 Å². The Labute approximate surface area is 103 Å². The first-order chi connectivity index (χ1) is 7.75.